The lowest BCUT2D eigenvalue weighted by molar-refractivity contribution is -0.137. The minimum absolute atomic E-state index is 0.0271. The molecule has 0 saturated carbocycles. The minimum atomic E-state index is -4.49. The normalized spacial score (nSPS) is 17.4. The van der Waals surface area contributed by atoms with Crippen LogP contribution in [0, 0.1) is 5.95 Å². The molecule has 36 heavy (non-hydrogen) atoms. The van der Waals surface area contributed by atoms with E-state index in [0.717, 1.165) is 18.3 Å². The summed E-state index contributed by atoms with van der Waals surface area (Å²) in [6.07, 6.45) is -3.16. The van der Waals surface area contributed by atoms with E-state index >= 15 is 0 Å². The summed E-state index contributed by atoms with van der Waals surface area (Å²) in [5.41, 5.74) is -0.895. The first-order chi connectivity index (χ1) is 17.2. The van der Waals surface area contributed by atoms with Gasteiger partial charge in [0.1, 0.15) is 5.54 Å². The van der Waals surface area contributed by atoms with Crippen molar-refractivity contribution in [3.05, 3.63) is 89.5 Å². The lowest BCUT2D eigenvalue weighted by atomic mass is 9.96. The van der Waals surface area contributed by atoms with E-state index in [0.29, 0.717) is 11.3 Å². The van der Waals surface area contributed by atoms with Crippen LogP contribution in [0.25, 0.3) is 0 Å². The zero-order valence-corrected chi connectivity index (χ0v) is 18.9. The highest BCUT2D eigenvalue weighted by atomic mass is 19.4. The first-order valence-corrected chi connectivity index (χ1v) is 11.0. The highest BCUT2D eigenvalue weighted by Crippen LogP contribution is 2.35. The molecule has 0 radical (unpaired) electrons. The van der Waals surface area contributed by atoms with E-state index in [1.807, 2.05) is 0 Å². The topological polar surface area (TPSA) is 92.4 Å². The van der Waals surface area contributed by atoms with Gasteiger partial charge in [-0.1, -0.05) is 24.3 Å². The first kappa shape index (κ1) is 25.1. The Labute approximate surface area is 203 Å². The molecule has 1 aliphatic rings. The lowest BCUT2D eigenvalue weighted by Gasteiger charge is -2.27. The van der Waals surface area contributed by atoms with Gasteiger partial charge in [0.2, 0.25) is 11.9 Å². The Morgan fingerprint density at radius 1 is 1.03 bits per heavy atom. The number of hydrogen-bond donors (Lipinski definition) is 3. The highest BCUT2D eigenvalue weighted by molar-refractivity contribution is 5.99. The van der Waals surface area contributed by atoms with E-state index in [2.05, 4.69) is 20.9 Å². The maximum absolute atomic E-state index is 13.2. The van der Waals surface area contributed by atoms with Crippen molar-refractivity contribution in [1.82, 2.24) is 15.6 Å². The number of carbonyl (C=O) groups is 2. The van der Waals surface area contributed by atoms with Crippen molar-refractivity contribution in [2.45, 2.75) is 24.7 Å². The summed E-state index contributed by atoms with van der Waals surface area (Å²) in [7, 11) is 0. The van der Waals surface area contributed by atoms with Crippen LogP contribution in [0.5, 0.6) is 0 Å². The average Bonchev–Trinajstić information content (AvgIpc) is 3.33. The molecule has 0 spiro atoms. The van der Waals surface area contributed by atoms with Gasteiger partial charge in [0.15, 0.2) is 0 Å². The smallest absolute Gasteiger partial charge is 0.378 e. The van der Waals surface area contributed by atoms with Crippen molar-refractivity contribution >= 4 is 23.2 Å². The van der Waals surface area contributed by atoms with E-state index in [-0.39, 0.29) is 37.4 Å². The molecular formula is C25H22F4N4O3. The zero-order chi connectivity index (χ0) is 25.8. The Hall–Kier alpha value is -3.99. The second-order valence-electron chi connectivity index (χ2n) is 8.26. The average molecular weight is 502 g/mol. The molecule has 3 N–H and O–H groups in total. The number of hydrogen-bond acceptors (Lipinski definition) is 5. The monoisotopic (exact) mass is 502 g/mol. The van der Waals surface area contributed by atoms with Gasteiger partial charge in [-0.3, -0.25) is 9.59 Å². The third kappa shape index (κ3) is 5.80. The Bertz CT molecular complexity index is 1230. The number of alkyl halides is 3. The quantitative estimate of drug-likeness (QED) is 0.333. The van der Waals surface area contributed by atoms with Gasteiger partial charge in [0, 0.05) is 31.5 Å². The Morgan fingerprint density at radius 3 is 2.42 bits per heavy atom. The molecule has 0 unspecified atom stereocenters. The van der Waals surface area contributed by atoms with Crippen LogP contribution in [-0.2, 0) is 22.3 Å². The van der Waals surface area contributed by atoms with E-state index < -0.39 is 35.0 Å². The predicted octanol–water partition coefficient (Wildman–Crippen LogP) is 4.19. The molecule has 1 aliphatic heterocycles. The van der Waals surface area contributed by atoms with Crippen LogP contribution in [0.15, 0.2) is 66.9 Å². The molecule has 0 aliphatic carbocycles. The van der Waals surface area contributed by atoms with Crippen LogP contribution < -0.4 is 16.0 Å². The van der Waals surface area contributed by atoms with Gasteiger partial charge in [-0.25, -0.2) is 4.98 Å². The standard InChI is InChI=1S/C25H22F4N4O3/c26-21-10-7-17(14-30-21)22(34)33-24(11-12-36-15-24)23(35)31-13-16-5-8-18(9-6-16)32-20-4-2-1-3-19(20)25(27,28)29/h1-10,14,32H,11-13,15H2,(H,31,35)(H,33,34)/t24-/m0/s1. The second kappa shape index (κ2) is 10.3. The molecule has 11 heteroatoms. The second-order valence-corrected chi connectivity index (χ2v) is 8.26. The van der Waals surface area contributed by atoms with Gasteiger partial charge in [0.25, 0.3) is 5.91 Å². The summed E-state index contributed by atoms with van der Waals surface area (Å²) in [5, 5.41) is 8.21. The van der Waals surface area contributed by atoms with Gasteiger partial charge >= 0.3 is 6.18 Å². The summed E-state index contributed by atoms with van der Waals surface area (Å²) in [5.74, 6) is -1.77. The maximum Gasteiger partial charge on any atom is 0.418 e. The van der Waals surface area contributed by atoms with Crippen LogP contribution in [-0.4, -0.2) is 35.6 Å². The Kier molecular flexibility index (Phi) is 7.20. The molecule has 2 amide bonds. The SMILES string of the molecule is O=C(N[C@@]1(C(=O)NCc2ccc(Nc3ccccc3C(F)(F)F)cc2)CCOC1)c1ccc(F)nc1. The van der Waals surface area contributed by atoms with Crippen molar-refractivity contribution in [2.75, 3.05) is 18.5 Å². The van der Waals surface area contributed by atoms with Gasteiger partial charge in [0.05, 0.1) is 23.4 Å². The number of para-hydroxylation sites is 1. The fourth-order valence-electron chi connectivity index (χ4n) is 3.75. The number of nitrogens with one attached hydrogen (secondary N) is 3. The summed E-state index contributed by atoms with van der Waals surface area (Å²) in [4.78, 5) is 29.0. The number of rotatable bonds is 7. The number of benzene rings is 2. The van der Waals surface area contributed by atoms with Gasteiger partial charge in [-0.15, -0.1) is 0 Å². The van der Waals surface area contributed by atoms with Crippen LogP contribution in [0.3, 0.4) is 0 Å². The van der Waals surface area contributed by atoms with Crippen molar-refractivity contribution in [2.24, 2.45) is 0 Å². The van der Waals surface area contributed by atoms with Crippen LogP contribution >= 0.6 is 0 Å². The molecule has 7 nitrogen and oxygen atoms in total. The van der Waals surface area contributed by atoms with E-state index in [1.54, 1.807) is 24.3 Å². The summed E-state index contributed by atoms with van der Waals surface area (Å²) < 4.78 is 58.0. The molecular weight excluding hydrogens is 480 g/mol. The van der Waals surface area contributed by atoms with Gasteiger partial charge < -0.3 is 20.7 Å². The van der Waals surface area contributed by atoms with Crippen LogP contribution in [0.2, 0.25) is 0 Å². The summed E-state index contributed by atoms with van der Waals surface area (Å²) in [6.45, 7) is 0.365. The highest BCUT2D eigenvalue weighted by Gasteiger charge is 2.43. The fourth-order valence-corrected chi connectivity index (χ4v) is 3.75. The van der Waals surface area contributed by atoms with Crippen molar-refractivity contribution in [3.8, 4) is 0 Å². The molecule has 0 bridgehead atoms. The summed E-state index contributed by atoms with van der Waals surface area (Å²) >= 11 is 0. The number of ether oxygens (including phenoxy) is 1. The van der Waals surface area contributed by atoms with E-state index in [1.165, 1.54) is 24.3 Å². The predicted molar refractivity (Wildman–Crippen MR) is 123 cm³/mol. The fraction of sp³-hybridized carbons (Fsp3) is 0.240. The number of nitrogens with zero attached hydrogens (tertiary/aromatic N) is 1. The number of aromatic nitrogens is 1. The van der Waals surface area contributed by atoms with Crippen molar-refractivity contribution < 1.29 is 31.9 Å². The number of pyridine rings is 1. The summed E-state index contributed by atoms with van der Waals surface area (Å²) in [6, 6.07) is 14.0. The molecule has 2 heterocycles. The Balaban J connectivity index is 1.38. The van der Waals surface area contributed by atoms with E-state index in [9.17, 15) is 27.2 Å². The molecule has 1 aromatic heterocycles. The largest absolute Gasteiger partial charge is 0.418 e. The molecule has 188 valence electrons. The number of halogens is 4. The minimum Gasteiger partial charge on any atom is -0.378 e. The Morgan fingerprint density at radius 2 is 1.78 bits per heavy atom. The molecule has 1 saturated heterocycles. The van der Waals surface area contributed by atoms with E-state index in [4.69, 9.17) is 4.74 Å². The lowest BCUT2D eigenvalue weighted by Crippen LogP contribution is -2.59. The van der Waals surface area contributed by atoms with Gasteiger partial charge in [-0.2, -0.15) is 17.6 Å². The van der Waals surface area contributed by atoms with Crippen LogP contribution in [0.1, 0.15) is 27.9 Å². The molecule has 3 aromatic rings. The molecule has 1 atom stereocenters. The zero-order valence-electron chi connectivity index (χ0n) is 18.9. The number of anilines is 2. The third-order valence-corrected chi connectivity index (χ3v) is 5.72. The van der Waals surface area contributed by atoms with Crippen molar-refractivity contribution in [1.29, 1.82) is 0 Å². The maximum atomic E-state index is 13.2. The molecule has 4 rings (SSSR count). The molecule has 2 aromatic carbocycles. The van der Waals surface area contributed by atoms with Crippen LogP contribution in [0.4, 0.5) is 28.9 Å². The molecule has 1 fully saturated rings. The van der Waals surface area contributed by atoms with Gasteiger partial charge in [-0.05, 0) is 42.0 Å². The third-order valence-electron chi connectivity index (χ3n) is 5.72. The first-order valence-electron chi connectivity index (χ1n) is 11.0. The number of amides is 2. The van der Waals surface area contributed by atoms with Crippen molar-refractivity contribution in [3.63, 3.8) is 0 Å². The number of carbonyl (C=O) groups excluding carboxylic acids is 2.